The van der Waals surface area contributed by atoms with Crippen molar-refractivity contribution in [1.82, 2.24) is 5.32 Å². The number of benzene rings is 1. The van der Waals surface area contributed by atoms with Crippen LogP contribution in [0.2, 0.25) is 0 Å². The van der Waals surface area contributed by atoms with Gasteiger partial charge in [-0.15, -0.1) is 24.0 Å². The number of aliphatic imine (C=N–C) groups is 1. The van der Waals surface area contributed by atoms with Gasteiger partial charge in [0.15, 0.2) is 5.96 Å². The molecular formula is C12H20IN3O. The van der Waals surface area contributed by atoms with E-state index < -0.39 is 0 Å². The minimum absolute atomic E-state index is 0. The summed E-state index contributed by atoms with van der Waals surface area (Å²) in [5, 5.41) is 3.02. The Labute approximate surface area is 120 Å². The fraction of sp³-hybridized carbons (Fsp3) is 0.417. The van der Waals surface area contributed by atoms with Gasteiger partial charge in [-0.3, -0.25) is 4.99 Å². The molecule has 0 aliphatic carbocycles. The second kappa shape index (κ2) is 8.16. The maximum absolute atomic E-state index is 5.55. The molecule has 1 aromatic carbocycles. The van der Waals surface area contributed by atoms with Crippen molar-refractivity contribution in [2.24, 2.45) is 10.7 Å². The Bertz CT molecular complexity index is 380. The van der Waals surface area contributed by atoms with Crippen molar-refractivity contribution < 1.29 is 4.74 Å². The molecule has 0 radical (unpaired) electrons. The van der Waals surface area contributed by atoms with E-state index in [1.54, 1.807) is 14.2 Å². The second-order valence-corrected chi connectivity index (χ2v) is 3.60. The zero-order valence-electron chi connectivity index (χ0n) is 10.5. The van der Waals surface area contributed by atoms with Gasteiger partial charge in [-0.2, -0.15) is 0 Å². The summed E-state index contributed by atoms with van der Waals surface area (Å²) in [6, 6.07) is 6.15. The molecule has 0 bridgehead atoms. The molecule has 96 valence electrons. The minimum atomic E-state index is 0. The van der Waals surface area contributed by atoms with Crippen molar-refractivity contribution in [3.05, 3.63) is 29.3 Å². The largest absolute Gasteiger partial charge is 0.496 e. The summed E-state index contributed by atoms with van der Waals surface area (Å²) < 4.78 is 5.29. The molecule has 0 spiro atoms. The average Bonchev–Trinajstić information content (AvgIpc) is 2.29. The molecule has 3 N–H and O–H groups in total. The maximum Gasteiger partial charge on any atom is 0.188 e. The highest BCUT2D eigenvalue weighted by Gasteiger charge is 2.02. The predicted octanol–water partition coefficient (Wildman–Crippen LogP) is 1.70. The van der Waals surface area contributed by atoms with E-state index in [0.717, 1.165) is 18.7 Å². The van der Waals surface area contributed by atoms with Crippen LogP contribution in [0.3, 0.4) is 0 Å². The number of nitrogens with one attached hydrogen (secondary N) is 1. The van der Waals surface area contributed by atoms with Gasteiger partial charge in [0.1, 0.15) is 5.75 Å². The average molecular weight is 349 g/mol. The normalized spacial score (nSPS) is 10.6. The van der Waals surface area contributed by atoms with Crippen molar-refractivity contribution >= 4 is 29.9 Å². The van der Waals surface area contributed by atoms with Crippen LogP contribution < -0.4 is 15.8 Å². The SMILES string of the molecule is CN=C(N)NCCc1cc(C)ccc1OC.I. The smallest absolute Gasteiger partial charge is 0.188 e. The van der Waals surface area contributed by atoms with Crippen LogP contribution in [0.25, 0.3) is 0 Å². The van der Waals surface area contributed by atoms with E-state index in [4.69, 9.17) is 10.5 Å². The van der Waals surface area contributed by atoms with Gasteiger partial charge in [0.25, 0.3) is 0 Å². The summed E-state index contributed by atoms with van der Waals surface area (Å²) in [5.74, 6) is 1.38. The maximum atomic E-state index is 5.55. The number of hydrogen-bond donors (Lipinski definition) is 2. The molecule has 0 aromatic heterocycles. The number of methoxy groups -OCH3 is 1. The Morgan fingerprint density at radius 3 is 2.76 bits per heavy atom. The van der Waals surface area contributed by atoms with E-state index in [1.807, 2.05) is 12.1 Å². The monoisotopic (exact) mass is 349 g/mol. The van der Waals surface area contributed by atoms with Gasteiger partial charge in [-0.1, -0.05) is 17.7 Å². The first-order chi connectivity index (χ1) is 7.67. The molecule has 5 heteroatoms. The third kappa shape index (κ3) is 5.25. The Balaban J connectivity index is 0.00000256. The molecule has 0 unspecified atom stereocenters. The van der Waals surface area contributed by atoms with E-state index in [2.05, 4.69) is 23.3 Å². The molecule has 0 aliphatic rings. The van der Waals surface area contributed by atoms with Crippen LogP contribution >= 0.6 is 24.0 Å². The third-order valence-electron chi connectivity index (χ3n) is 2.38. The first-order valence-corrected chi connectivity index (χ1v) is 5.27. The van der Waals surface area contributed by atoms with Gasteiger partial charge in [0, 0.05) is 13.6 Å². The lowest BCUT2D eigenvalue weighted by Crippen LogP contribution is -2.32. The first-order valence-electron chi connectivity index (χ1n) is 5.27. The lowest BCUT2D eigenvalue weighted by molar-refractivity contribution is 0.409. The molecule has 0 saturated carbocycles. The lowest BCUT2D eigenvalue weighted by atomic mass is 10.1. The number of nitrogens with two attached hydrogens (primary N) is 1. The zero-order valence-corrected chi connectivity index (χ0v) is 12.8. The van der Waals surface area contributed by atoms with Gasteiger partial charge in [-0.25, -0.2) is 0 Å². The first kappa shape index (κ1) is 16.0. The van der Waals surface area contributed by atoms with Crippen molar-refractivity contribution in [1.29, 1.82) is 0 Å². The van der Waals surface area contributed by atoms with E-state index in [9.17, 15) is 0 Å². The fourth-order valence-corrected chi connectivity index (χ4v) is 1.51. The van der Waals surface area contributed by atoms with Gasteiger partial charge in [0.2, 0.25) is 0 Å². The van der Waals surface area contributed by atoms with E-state index in [-0.39, 0.29) is 24.0 Å². The van der Waals surface area contributed by atoms with E-state index in [0.29, 0.717) is 5.96 Å². The number of ether oxygens (including phenoxy) is 1. The number of halogens is 1. The Kier molecular flexibility index (Phi) is 7.69. The quantitative estimate of drug-likeness (QED) is 0.494. The van der Waals surface area contributed by atoms with Crippen molar-refractivity contribution in [2.45, 2.75) is 13.3 Å². The summed E-state index contributed by atoms with van der Waals surface area (Å²) in [6.45, 7) is 2.82. The highest BCUT2D eigenvalue weighted by Crippen LogP contribution is 2.19. The summed E-state index contributed by atoms with van der Waals surface area (Å²) in [5.41, 5.74) is 7.95. The zero-order chi connectivity index (χ0) is 12.0. The summed E-state index contributed by atoms with van der Waals surface area (Å²) in [7, 11) is 3.35. The van der Waals surface area contributed by atoms with Gasteiger partial charge in [-0.05, 0) is 25.0 Å². The highest BCUT2D eigenvalue weighted by molar-refractivity contribution is 14.0. The molecule has 0 heterocycles. The van der Waals surface area contributed by atoms with E-state index in [1.165, 1.54) is 11.1 Å². The predicted molar refractivity (Wildman–Crippen MR) is 82.4 cm³/mol. The van der Waals surface area contributed by atoms with E-state index >= 15 is 0 Å². The molecule has 0 aliphatic heterocycles. The van der Waals surface area contributed by atoms with Crippen LogP contribution in [0, 0.1) is 6.92 Å². The molecule has 0 saturated heterocycles. The minimum Gasteiger partial charge on any atom is -0.496 e. The van der Waals surface area contributed by atoms with Crippen LogP contribution in [0.1, 0.15) is 11.1 Å². The number of hydrogen-bond acceptors (Lipinski definition) is 2. The second-order valence-electron chi connectivity index (χ2n) is 3.60. The summed E-state index contributed by atoms with van der Waals surface area (Å²) >= 11 is 0. The third-order valence-corrected chi connectivity index (χ3v) is 2.38. The summed E-state index contributed by atoms with van der Waals surface area (Å²) in [4.78, 5) is 3.83. The molecule has 0 amide bonds. The van der Waals surface area contributed by atoms with Gasteiger partial charge < -0.3 is 15.8 Å². The molecule has 0 atom stereocenters. The van der Waals surface area contributed by atoms with Crippen molar-refractivity contribution in [3.8, 4) is 5.75 Å². The Hall–Kier alpha value is -0.980. The van der Waals surface area contributed by atoms with Crippen LogP contribution in [0.15, 0.2) is 23.2 Å². The highest BCUT2D eigenvalue weighted by atomic mass is 127. The van der Waals surface area contributed by atoms with Gasteiger partial charge in [0.05, 0.1) is 7.11 Å². The molecule has 1 aromatic rings. The Morgan fingerprint density at radius 2 is 2.18 bits per heavy atom. The molecule has 1 rings (SSSR count). The number of nitrogens with zero attached hydrogens (tertiary/aromatic N) is 1. The van der Waals surface area contributed by atoms with Crippen LogP contribution in [-0.2, 0) is 6.42 Å². The van der Waals surface area contributed by atoms with Crippen molar-refractivity contribution in [3.63, 3.8) is 0 Å². The van der Waals surface area contributed by atoms with Gasteiger partial charge >= 0.3 is 0 Å². The standard InChI is InChI=1S/C12H19N3O.HI/c1-9-4-5-11(16-3)10(8-9)6-7-15-12(13)14-2;/h4-5,8H,6-7H2,1-3H3,(H3,13,14,15);1H. The van der Waals surface area contributed by atoms with Crippen molar-refractivity contribution in [2.75, 3.05) is 20.7 Å². The fourth-order valence-electron chi connectivity index (χ4n) is 1.51. The topological polar surface area (TPSA) is 59.6 Å². The molecule has 4 nitrogen and oxygen atoms in total. The Morgan fingerprint density at radius 1 is 1.47 bits per heavy atom. The lowest BCUT2D eigenvalue weighted by Gasteiger charge is -2.10. The summed E-state index contributed by atoms with van der Waals surface area (Å²) in [6.07, 6.45) is 0.862. The van der Waals surface area contributed by atoms with Crippen LogP contribution in [0.5, 0.6) is 5.75 Å². The van der Waals surface area contributed by atoms with Crippen LogP contribution in [-0.4, -0.2) is 26.7 Å². The number of aryl methyl sites for hydroxylation is 1. The van der Waals surface area contributed by atoms with Crippen LogP contribution in [0.4, 0.5) is 0 Å². The molecular weight excluding hydrogens is 329 g/mol. The molecule has 0 fully saturated rings. The number of guanidine groups is 1. The molecule has 17 heavy (non-hydrogen) atoms. The number of rotatable bonds is 4.